The van der Waals surface area contributed by atoms with Crippen LogP contribution in [0.25, 0.3) is 11.1 Å². The standard InChI is InChI=1S/C30H29N3O6/c1-18(31)24-9-8-20(29(34)33-22-10-12-32-13-11-22)15-25(24)19-6-5-7-21(14-19)30(35)39-23-16-26(36-2)28(38-4)27(17-23)37-3/h5-18H,31H2,1-4H3,(H,32,33,34). The van der Waals surface area contributed by atoms with Crippen molar-refractivity contribution in [2.24, 2.45) is 5.73 Å². The predicted molar refractivity (Wildman–Crippen MR) is 148 cm³/mol. The molecule has 200 valence electrons. The molecule has 39 heavy (non-hydrogen) atoms. The van der Waals surface area contributed by atoms with E-state index in [0.717, 1.165) is 11.1 Å². The summed E-state index contributed by atoms with van der Waals surface area (Å²) < 4.78 is 21.6. The summed E-state index contributed by atoms with van der Waals surface area (Å²) in [6, 6.07) is 18.4. The summed E-state index contributed by atoms with van der Waals surface area (Å²) in [5.41, 5.74) is 9.89. The summed E-state index contributed by atoms with van der Waals surface area (Å²) in [7, 11) is 4.45. The fourth-order valence-corrected chi connectivity index (χ4v) is 4.08. The molecule has 0 bridgehead atoms. The van der Waals surface area contributed by atoms with Crippen LogP contribution >= 0.6 is 0 Å². The summed E-state index contributed by atoms with van der Waals surface area (Å²) in [6.45, 7) is 1.86. The molecule has 3 N–H and O–H groups in total. The number of ether oxygens (including phenoxy) is 4. The van der Waals surface area contributed by atoms with E-state index in [1.807, 2.05) is 19.1 Å². The maximum atomic E-state index is 13.1. The van der Waals surface area contributed by atoms with Gasteiger partial charge in [-0.1, -0.05) is 18.2 Å². The van der Waals surface area contributed by atoms with Crippen molar-refractivity contribution >= 4 is 17.6 Å². The number of carbonyl (C=O) groups is 2. The van der Waals surface area contributed by atoms with E-state index in [2.05, 4.69) is 10.3 Å². The lowest BCUT2D eigenvalue weighted by Gasteiger charge is -2.16. The number of amides is 1. The van der Waals surface area contributed by atoms with Crippen molar-refractivity contribution < 1.29 is 28.5 Å². The van der Waals surface area contributed by atoms with Crippen LogP contribution in [0.2, 0.25) is 0 Å². The maximum Gasteiger partial charge on any atom is 0.343 e. The number of hydrogen-bond acceptors (Lipinski definition) is 8. The van der Waals surface area contributed by atoms with Gasteiger partial charge in [-0.05, 0) is 60.0 Å². The molecule has 1 aromatic heterocycles. The van der Waals surface area contributed by atoms with E-state index in [4.69, 9.17) is 24.7 Å². The summed E-state index contributed by atoms with van der Waals surface area (Å²) in [6.07, 6.45) is 3.20. The Morgan fingerprint density at radius 2 is 1.54 bits per heavy atom. The molecule has 0 aliphatic heterocycles. The summed E-state index contributed by atoms with van der Waals surface area (Å²) in [5.74, 6) is 0.467. The largest absolute Gasteiger partial charge is 0.493 e. The minimum atomic E-state index is -0.583. The van der Waals surface area contributed by atoms with Crippen molar-refractivity contribution in [3.63, 3.8) is 0 Å². The lowest BCUT2D eigenvalue weighted by Crippen LogP contribution is -2.14. The second kappa shape index (κ2) is 12.1. The number of rotatable bonds is 9. The quantitative estimate of drug-likeness (QED) is 0.223. The summed E-state index contributed by atoms with van der Waals surface area (Å²) in [5, 5.41) is 2.86. The molecule has 4 rings (SSSR count). The third kappa shape index (κ3) is 6.16. The van der Waals surface area contributed by atoms with E-state index in [1.165, 1.54) is 21.3 Å². The van der Waals surface area contributed by atoms with E-state index < -0.39 is 5.97 Å². The molecule has 9 nitrogen and oxygen atoms in total. The van der Waals surface area contributed by atoms with Crippen LogP contribution in [0.5, 0.6) is 23.0 Å². The van der Waals surface area contributed by atoms with E-state index >= 15 is 0 Å². The van der Waals surface area contributed by atoms with Crippen LogP contribution < -0.4 is 30.0 Å². The zero-order valence-corrected chi connectivity index (χ0v) is 22.1. The number of pyridine rings is 1. The van der Waals surface area contributed by atoms with Crippen molar-refractivity contribution in [3.05, 3.63) is 95.8 Å². The topological polar surface area (TPSA) is 122 Å². The Hall–Kier alpha value is -4.89. The number of esters is 1. The number of hydrogen-bond donors (Lipinski definition) is 2. The highest BCUT2D eigenvalue weighted by atomic mass is 16.5. The van der Waals surface area contributed by atoms with Crippen molar-refractivity contribution in [1.29, 1.82) is 0 Å². The van der Waals surface area contributed by atoms with Gasteiger partial charge in [0.15, 0.2) is 11.5 Å². The van der Waals surface area contributed by atoms with Gasteiger partial charge in [0.05, 0.1) is 26.9 Å². The number of aromatic nitrogens is 1. The van der Waals surface area contributed by atoms with Gasteiger partial charge in [0.25, 0.3) is 5.91 Å². The molecule has 3 aromatic carbocycles. The van der Waals surface area contributed by atoms with Crippen LogP contribution in [0.4, 0.5) is 5.69 Å². The number of methoxy groups -OCH3 is 3. The average molecular weight is 528 g/mol. The summed E-state index contributed by atoms with van der Waals surface area (Å²) in [4.78, 5) is 30.0. The Bertz CT molecular complexity index is 1460. The molecule has 0 aliphatic carbocycles. The Morgan fingerprint density at radius 1 is 0.846 bits per heavy atom. The van der Waals surface area contributed by atoms with Gasteiger partial charge < -0.3 is 30.0 Å². The number of carbonyl (C=O) groups excluding carboxylic acids is 2. The Kier molecular flexibility index (Phi) is 8.43. The third-order valence-corrected chi connectivity index (χ3v) is 6.00. The minimum Gasteiger partial charge on any atom is -0.493 e. The molecular weight excluding hydrogens is 498 g/mol. The lowest BCUT2D eigenvalue weighted by molar-refractivity contribution is 0.0733. The predicted octanol–water partition coefficient (Wildman–Crippen LogP) is 5.27. The minimum absolute atomic E-state index is 0.228. The molecule has 0 fully saturated rings. The lowest BCUT2D eigenvalue weighted by atomic mass is 9.92. The van der Waals surface area contributed by atoms with Crippen LogP contribution in [0.1, 0.15) is 39.2 Å². The Balaban J connectivity index is 1.65. The molecule has 0 aliphatic rings. The highest BCUT2D eigenvalue weighted by Gasteiger charge is 2.19. The molecule has 0 saturated carbocycles. The first-order valence-corrected chi connectivity index (χ1v) is 12.1. The van der Waals surface area contributed by atoms with Gasteiger partial charge in [-0.15, -0.1) is 0 Å². The molecule has 9 heteroatoms. The van der Waals surface area contributed by atoms with Crippen molar-refractivity contribution in [1.82, 2.24) is 4.98 Å². The molecule has 4 aromatic rings. The van der Waals surface area contributed by atoms with E-state index in [0.29, 0.717) is 39.6 Å². The highest BCUT2D eigenvalue weighted by Crippen LogP contribution is 2.41. The smallest absolute Gasteiger partial charge is 0.343 e. The SMILES string of the molecule is COc1cc(OC(=O)c2cccc(-c3cc(C(=O)Nc4ccncc4)ccc3C(C)N)c2)cc(OC)c1OC. The van der Waals surface area contributed by atoms with E-state index in [1.54, 1.807) is 67.0 Å². The van der Waals surface area contributed by atoms with Crippen LogP contribution in [0.15, 0.2) is 79.1 Å². The van der Waals surface area contributed by atoms with Crippen LogP contribution in [0.3, 0.4) is 0 Å². The second-order valence-electron chi connectivity index (χ2n) is 8.61. The van der Waals surface area contributed by atoms with Gasteiger partial charge in [-0.3, -0.25) is 9.78 Å². The second-order valence-corrected chi connectivity index (χ2v) is 8.61. The van der Waals surface area contributed by atoms with Crippen LogP contribution in [-0.2, 0) is 0 Å². The fraction of sp³-hybridized carbons (Fsp3) is 0.167. The molecule has 1 atom stereocenters. The molecule has 1 amide bonds. The molecule has 1 heterocycles. The third-order valence-electron chi connectivity index (χ3n) is 6.00. The normalized spacial score (nSPS) is 11.3. The van der Waals surface area contributed by atoms with Gasteiger partial charge in [0, 0.05) is 41.8 Å². The molecule has 0 radical (unpaired) electrons. The van der Waals surface area contributed by atoms with Crippen molar-refractivity contribution in [2.75, 3.05) is 26.6 Å². The maximum absolute atomic E-state index is 13.1. The van der Waals surface area contributed by atoms with Gasteiger partial charge in [-0.2, -0.15) is 0 Å². The number of nitrogens with two attached hydrogens (primary N) is 1. The van der Waals surface area contributed by atoms with E-state index in [9.17, 15) is 9.59 Å². The number of benzene rings is 3. The molecule has 0 saturated heterocycles. The molecular formula is C30H29N3O6. The highest BCUT2D eigenvalue weighted by molar-refractivity contribution is 6.05. The van der Waals surface area contributed by atoms with Crippen LogP contribution in [-0.4, -0.2) is 38.2 Å². The van der Waals surface area contributed by atoms with E-state index in [-0.39, 0.29) is 17.7 Å². The number of nitrogens with one attached hydrogen (secondary N) is 1. The van der Waals surface area contributed by atoms with Gasteiger partial charge in [0.1, 0.15) is 5.75 Å². The Labute approximate surface area is 226 Å². The Morgan fingerprint density at radius 3 is 2.15 bits per heavy atom. The average Bonchev–Trinajstić information content (AvgIpc) is 2.96. The number of anilines is 1. The van der Waals surface area contributed by atoms with Gasteiger partial charge in [0.2, 0.25) is 5.75 Å². The number of nitrogens with zero attached hydrogens (tertiary/aromatic N) is 1. The van der Waals surface area contributed by atoms with Gasteiger partial charge >= 0.3 is 5.97 Å². The van der Waals surface area contributed by atoms with Crippen molar-refractivity contribution in [2.45, 2.75) is 13.0 Å². The van der Waals surface area contributed by atoms with Gasteiger partial charge in [-0.25, -0.2) is 4.79 Å². The monoisotopic (exact) mass is 527 g/mol. The first-order chi connectivity index (χ1) is 18.8. The summed E-state index contributed by atoms with van der Waals surface area (Å²) >= 11 is 0. The molecule has 0 spiro atoms. The van der Waals surface area contributed by atoms with Crippen LogP contribution in [0, 0.1) is 0 Å². The zero-order valence-electron chi connectivity index (χ0n) is 22.1. The zero-order chi connectivity index (χ0) is 27.9. The van der Waals surface area contributed by atoms with Crippen molar-refractivity contribution in [3.8, 4) is 34.1 Å². The first-order valence-electron chi connectivity index (χ1n) is 12.1. The molecule has 1 unspecified atom stereocenters. The fourth-order valence-electron chi connectivity index (χ4n) is 4.08. The first kappa shape index (κ1) is 27.2.